The first-order chi connectivity index (χ1) is 11.9. The molecule has 120 valence electrons. The van der Waals surface area contributed by atoms with Crippen molar-refractivity contribution in [2.75, 3.05) is 6.54 Å². The highest BCUT2D eigenvalue weighted by atomic mass is 32.1. The molecule has 0 bridgehead atoms. The number of thiophene rings is 1. The van der Waals surface area contributed by atoms with Gasteiger partial charge in [0.1, 0.15) is 0 Å². The van der Waals surface area contributed by atoms with Gasteiger partial charge in [-0.05, 0) is 47.1 Å². The van der Waals surface area contributed by atoms with Crippen LogP contribution in [-0.4, -0.2) is 17.6 Å². The topological polar surface area (TPSA) is 24.9 Å². The lowest BCUT2D eigenvalue weighted by Crippen LogP contribution is -2.34. The van der Waals surface area contributed by atoms with Gasteiger partial charge in [0.05, 0.1) is 0 Å². The van der Waals surface area contributed by atoms with E-state index in [1.165, 1.54) is 27.1 Å². The van der Waals surface area contributed by atoms with E-state index in [9.17, 15) is 0 Å². The van der Waals surface area contributed by atoms with Crippen molar-refractivity contribution in [3.05, 3.63) is 82.8 Å². The molecule has 0 spiro atoms. The second-order valence-electron chi connectivity index (χ2n) is 6.17. The fraction of sp³-hybridized carbons (Fsp3) is 0.190. The Bertz CT molecular complexity index is 822. The van der Waals surface area contributed by atoms with Gasteiger partial charge >= 0.3 is 0 Å². The van der Waals surface area contributed by atoms with Crippen molar-refractivity contribution in [2.24, 2.45) is 0 Å². The molecule has 1 N–H and O–H groups in total. The minimum absolute atomic E-state index is 0.472. The third kappa shape index (κ3) is 3.48. The Balaban J connectivity index is 1.49. The number of hydrogen-bond acceptors (Lipinski definition) is 3. The lowest BCUT2D eigenvalue weighted by atomic mass is 9.95. The van der Waals surface area contributed by atoms with Crippen LogP contribution in [-0.2, 0) is 6.42 Å². The van der Waals surface area contributed by atoms with Gasteiger partial charge in [-0.3, -0.25) is 4.98 Å². The maximum absolute atomic E-state index is 4.46. The second-order valence-corrected chi connectivity index (χ2v) is 7.12. The average Bonchev–Trinajstić information content (AvgIpc) is 3.18. The van der Waals surface area contributed by atoms with Crippen LogP contribution in [0.15, 0.2) is 72.4 Å². The van der Waals surface area contributed by atoms with Gasteiger partial charge in [-0.1, -0.05) is 42.5 Å². The summed E-state index contributed by atoms with van der Waals surface area (Å²) in [5.74, 6) is 0. The summed E-state index contributed by atoms with van der Waals surface area (Å²) in [4.78, 5) is 5.86. The highest BCUT2D eigenvalue weighted by molar-refractivity contribution is 7.11. The highest BCUT2D eigenvalue weighted by Gasteiger charge is 2.17. The van der Waals surface area contributed by atoms with Crippen molar-refractivity contribution in [3.63, 3.8) is 0 Å². The molecule has 0 radical (unpaired) electrons. The van der Waals surface area contributed by atoms with Crippen molar-refractivity contribution in [1.29, 1.82) is 0 Å². The van der Waals surface area contributed by atoms with E-state index in [0.29, 0.717) is 6.04 Å². The smallest absolute Gasteiger partial charge is 0.0346 e. The molecule has 0 amide bonds. The molecule has 2 nitrogen and oxygen atoms in total. The molecular weight excluding hydrogens is 312 g/mol. The molecule has 3 heteroatoms. The van der Waals surface area contributed by atoms with Gasteiger partial charge in [-0.2, -0.15) is 0 Å². The monoisotopic (exact) mass is 332 g/mol. The van der Waals surface area contributed by atoms with Crippen LogP contribution in [0, 0.1) is 0 Å². The van der Waals surface area contributed by atoms with E-state index in [4.69, 9.17) is 0 Å². The molecular formula is C21H20N2S. The van der Waals surface area contributed by atoms with Gasteiger partial charge in [0.15, 0.2) is 0 Å². The van der Waals surface area contributed by atoms with Crippen molar-refractivity contribution in [3.8, 4) is 11.1 Å². The number of benzene rings is 1. The second kappa shape index (κ2) is 7.12. The highest BCUT2D eigenvalue weighted by Crippen LogP contribution is 2.28. The summed E-state index contributed by atoms with van der Waals surface area (Å²) in [6.07, 6.45) is 8.36. The van der Waals surface area contributed by atoms with Gasteiger partial charge < -0.3 is 5.32 Å². The number of nitrogens with one attached hydrogen (secondary N) is 1. The number of hydrogen-bond donors (Lipinski definition) is 1. The Morgan fingerprint density at radius 3 is 2.79 bits per heavy atom. The SMILES string of the molecule is C1=C(c2cccs2)CC(Cc2cncc(-c3ccccc3)c2)NC1. The first-order valence-electron chi connectivity index (χ1n) is 8.34. The largest absolute Gasteiger partial charge is 0.310 e. The van der Waals surface area contributed by atoms with Gasteiger partial charge in [-0.25, -0.2) is 0 Å². The molecule has 0 aliphatic carbocycles. The molecule has 1 aliphatic rings. The molecule has 24 heavy (non-hydrogen) atoms. The van der Waals surface area contributed by atoms with E-state index in [1.54, 1.807) is 0 Å². The zero-order chi connectivity index (χ0) is 16.2. The third-order valence-electron chi connectivity index (χ3n) is 4.44. The van der Waals surface area contributed by atoms with Gasteiger partial charge in [0.25, 0.3) is 0 Å². The van der Waals surface area contributed by atoms with E-state index in [-0.39, 0.29) is 0 Å². The molecule has 1 aromatic carbocycles. The summed E-state index contributed by atoms with van der Waals surface area (Å²) in [5, 5.41) is 5.77. The van der Waals surface area contributed by atoms with Crippen LogP contribution >= 0.6 is 11.3 Å². The van der Waals surface area contributed by atoms with Crippen LogP contribution in [0.1, 0.15) is 16.9 Å². The van der Waals surface area contributed by atoms with Crippen LogP contribution in [0.3, 0.4) is 0 Å². The maximum Gasteiger partial charge on any atom is 0.0346 e. The quantitative estimate of drug-likeness (QED) is 0.742. The van der Waals surface area contributed by atoms with Crippen LogP contribution in [0.25, 0.3) is 16.7 Å². The molecule has 1 atom stereocenters. The Hall–Kier alpha value is -2.23. The van der Waals surface area contributed by atoms with Crippen molar-refractivity contribution in [2.45, 2.75) is 18.9 Å². The van der Waals surface area contributed by atoms with Gasteiger partial charge in [0.2, 0.25) is 0 Å². The zero-order valence-electron chi connectivity index (χ0n) is 13.5. The molecule has 1 aliphatic heterocycles. The number of pyridine rings is 1. The molecule has 3 heterocycles. The van der Waals surface area contributed by atoms with E-state index in [0.717, 1.165) is 19.4 Å². The lowest BCUT2D eigenvalue weighted by Gasteiger charge is -2.24. The summed E-state index contributed by atoms with van der Waals surface area (Å²) in [5.41, 5.74) is 5.18. The van der Waals surface area contributed by atoms with Gasteiger partial charge in [-0.15, -0.1) is 11.3 Å². The standard InChI is InChI=1S/C21H20N2S/c1-2-5-17(6-3-1)19-11-16(14-22-15-19)12-20-13-18(8-9-23-20)21-7-4-10-24-21/h1-8,10-11,14-15,20,23H,9,12-13H2. The van der Waals surface area contributed by atoms with Crippen molar-refractivity contribution >= 4 is 16.9 Å². The minimum atomic E-state index is 0.472. The Kier molecular flexibility index (Phi) is 4.54. The Labute approximate surface area is 146 Å². The summed E-state index contributed by atoms with van der Waals surface area (Å²) < 4.78 is 0. The van der Waals surface area contributed by atoms with Crippen molar-refractivity contribution < 1.29 is 0 Å². The van der Waals surface area contributed by atoms with Crippen LogP contribution in [0.5, 0.6) is 0 Å². The predicted octanol–water partition coefficient (Wildman–Crippen LogP) is 4.80. The number of aromatic nitrogens is 1. The van der Waals surface area contributed by atoms with E-state index in [2.05, 4.69) is 64.2 Å². The molecule has 3 aromatic rings. The van der Waals surface area contributed by atoms with E-state index in [1.807, 2.05) is 29.8 Å². The first kappa shape index (κ1) is 15.3. The maximum atomic E-state index is 4.46. The van der Waals surface area contributed by atoms with Crippen molar-refractivity contribution in [1.82, 2.24) is 10.3 Å². The molecule has 1 unspecified atom stereocenters. The molecule has 0 saturated heterocycles. The molecule has 2 aromatic heterocycles. The Morgan fingerprint density at radius 2 is 1.96 bits per heavy atom. The van der Waals surface area contributed by atoms with Crippen LogP contribution in [0.4, 0.5) is 0 Å². The van der Waals surface area contributed by atoms with E-state index >= 15 is 0 Å². The Morgan fingerprint density at radius 1 is 1.04 bits per heavy atom. The summed E-state index contributed by atoms with van der Waals surface area (Å²) >= 11 is 1.83. The minimum Gasteiger partial charge on any atom is -0.310 e. The zero-order valence-corrected chi connectivity index (χ0v) is 14.3. The molecule has 4 rings (SSSR count). The van der Waals surface area contributed by atoms with Crippen LogP contribution in [0.2, 0.25) is 0 Å². The molecule has 0 saturated carbocycles. The predicted molar refractivity (Wildman–Crippen MR) is 102 cm³/mol. The third-order valence-corrected chi connectivity index (χ3v) is 5.39. The number of rotatable bonds is 4. The first-order valence-corrected chi connectivity index (χ1v) is 9.22. The summed E-state index contributed by atoms with van der Waals surface area (Å²) in [6, 6.07) is 17.6. The normalized spacial score (nSPS) is 17.5. The van der Waals surface area contributed by atoms with Gasteiger partial charge in [0, 0.05) is 35.4 Å². The lowest BCUT2D eigenvalue weighted by molar-refractivity contribution is 0.533. The fourth-order valence-electron chi connectivity index (χ4n) is 3.25. The molecule has 0 fully saturated rings. The average molecular weight is 332 g/mol. The summed E-state index contributed by atoms with van der Waals surface area (Å²) in [7, 11) is 0. The fourth-order valence-corrected chi connectivity index (χ4v) is 4.03. The van der Waals surface area contributed by atoms with Crippen LogP contribution < -0.4 is 5.32 Å². The van der Waals surface area contributed by atoms with E-state index < -0.39 is 0 Å². The number of nitrogens with zero attached hydrogens (tertiary/aromatic N) is 1. The summed E-state index contributed by atoms with van der Waals surface area (Å²) in [6.45, 7) is 0.948.